The zero-order chi connectivity index (χ0) is 25.1. The van der Waals surface area contributed by atoms with E-state index in [-0.39, 0.29) is 5.91 Å². The van der Waals surface area contributed by atoms with Crippen LogP contribution in [0.25, 0.3) is 0 Å². The van der Waals surface area contributed by atoms with Gasteiger partial charge < -0.3 is 20.0 Å². The first-order valence-corrected chi connectivity index (χ1v) is 13.4. The van der Waals surface area contributed by atoms with Crippen LogP contribution >= 0.6 is 22.7 Å². The minimum Gasteiger partial charge on any atom is -0.354 e. The molecule has 2 aliphatic heterocycles. The van der Waals surface area contributed by atoms with Crippen LogP contribution in [-0.4, -0.2) is 82.0 Å². The summed E-state index contributed by atoms with van der Waals surface area (Å²) in [6.07, 6.45) is 5.22. The summed E-state index contributed by atoms with van der Waals surface area (Å²) in [6.45, 7) is 4.94. The summed E-state index contributed by atoms with van der Waals surface area (Å²) in [5, 5.41) is 12.4. The van der Waals surface area contributed by atoms with Crippen molar-refractivity contribution < 1.29 is 9.18 Å². The Bertz CT molecular complexity index is 1260. The highest BCUT2D eigenvalue weighted by Gasteiger charge is 2.26. The molecule has 3 aromatic heterocycles. The minimum absolute atomic E-state index is 0.158. The number of halogens is 1. The number of nitriles is 1. The summed E-state index contributed by atoms with van der Waals surface area (Å²) >= 11 is 2.07. The highest BCUT2D eigenvalue weighted by atomic mass is 32.1. The lowest BCUT2D eigenvalue weighted by Crippen LogP contribution is -2.45. The Labute approximate surface area is 216 Å². The van der Waals surface area contributed by atoms with E-state index in [9.17, 15) is 9.18 Å². The maximum Gasteiger partial charge on any atom is 0.269 e. The number of carbonyl (C=O) groups excluding carboxylic acids is 1. The molecule has 1 amide bonds. The van der Waals surface area contributed by atoms with Crippen LogP contribution in [0.1, 0.15) is 33.2 Å². The second-order valence-corrected chi connectivity index (χ2v) is 11.0. The molecule has 1 N–H and O–H groups in total. The van der Waals surface area contributed by atoms with Gasteiger partial charge in [0.05, 0.1) is 12.4 Å². The summed E-state index contributed by atoms with van der Waals surface area (Å²) < 4.78 is 13.2. The molecule has 0 spiro atoms. The van der Waals surface area contributed by atoms with Crippen molar-refractivity contribution in [3.05, 3.63) is 39.3 Å². The molecule has 0 atom stereocenters. The lowest BCUT2D eigenvalue weighted by Gasteiger charge is -2.34. The summed E-state index contributed by atoms with van der Waals surface area (Å²) in [5.74, 6) is 2.48. The summed E-state index contributed by atoms with van der Waals surface area (Å²) in [4.78, 5) is 37.3. The number of aromatic nitrogens is 4. The number of hydrogen-bond acceptors (Lipinski definition) is 11. The van der Waals surface area contributed by atoms with Gasteiger partial charge in [-0.25, -0.2) is 19.9 Å². The van der Waals surface area contributed by atoms with Crippen molar-refractivity contribution in [2.45, 2.75) is 19.3 Å². The zero-order valence-corrected chi connectivity index (χ0v) is 21.5. The van der Waals surface area contributed by atoms with Crippen molar-refractivity contribution in [3.8, 4) is 6.07 Å². The van der Waals surface area contributed by atoms with Crippen LogP contribution in [0.15, 0.2) is 18.5 Å². The number of rotatable bonds is 6. The third-order valence-corrected chi connectivity index (χ3v) is 8.09. The van der Waals surface area contributed by atoms with Gasteiger partial charge in [-0.1, -0.05) is 22.7 Å². The number of carbonyl (C=O) groups is 1. The van der Waals surface area contributed by atoms with E-state index in [1.54, 1.807) is 11.1 Å². The van der Waals surface area contributed by atoms with Crippen LogP contribution in [0, 0.1) is 22.5 Å². The molecule has 2 fully saturated rings. The second-order valence-electron chi connectivity index (χ2n) is 9.00. The second kappa shape index (κ2) is 10.8. The average Bonchev–Trinajstić information content (AvgIpc) is 3.53. The lowest BCUT2D eigenvalue weighted by molar-refractivity contribution is 0.0694. The lowest BCUT2D eigenvalue weighted by atomic mass is 9.93. The fourth-order valence-corrected chi connectivity index (χ4v) is 5.66. The topological polar surface area (TPSA) is 114 Å². The molecule has 5 rings (SSSR count). The summed E-state index contributed by atoms with van der Waals surface area (Å²) in [7, 11) is 2.12. The van der Waals surface area contributed by atoms with Gasteiger partial charge in [-0.05, 0) is 25.8 Å². The largest absolute Gasteiger partial charge is 0.354 e. The van der Waals surface area contributed by atoms with Crippen molar-refractivity contribution in [1.29, 1.82) is 5.26 Å². The first kappa shape index (κ1) is 24.5. The number of likely N-dealkylation sites (N-methyl/N-ethyl adjacent to an activating group) is 1. The molecule has 0 aliphatic carbocycles. The number of hydrogen-bond donors (Lipinski definition) is 1. The van der Waals surface area contributed by atoms with E-state index in [0.717, 1.165) is 62.0 Å². The molecule has 10 nitrogen and oxygen atoms in total. The quantitative estimate of drug-likeness (QED) is 0.517. The van der Waals surface area contributed by atoms with E-state index in [1.807, 2.05) is 6.07 Å². The van der Waals surface area contributed by atoms with Crippen LogP contribution in [0.3, 0.4) is 0 Å². The fourth-order valence-electron chi connectivity index (χ4n) is 4.44. The smallest absolute Gasteiger partial charge is 0.269 e. The minimum atomic E-state index is -0.586. The Morgan fingerprint density at radius 2 is 1.92 bits per heavy atom. The van der Waals surface area contributed by atoms with Crippen molar-refractivity contribution in [2.24, 2.45) is 5.92 Å². The number of nitrogens with one attached hydrogen (secondary N) is 1. The number of anilines is 3. The Morgan fingerprint density at radius 3 is 2.58 bits per heavy atom. The highest BCUT2D eigenvalue weighted by molar-refractivity contribution is 7.16. The maximum absolute atomic E-state index is 13.2. The Balaban J connectivity index is 1.28. The first-order valence-electron chi connectivity index (χ1n) is 11.8. The highest BCUT2D eigenvalue weighted by Crippen LogP contribution is 2.27. The maximum atomic E-state index is 13.2. The van der Waals surface area contributed by atoms with Gasteiger partial charge in [-0.3, -0.25) is 4.79 Å². The number of thiazole rings is 2. The normalized spacial score (nSPS) is 17.2. The Morgan fingerprint density at radius 1 is 1.14 bits per heavy atom. The predicted octanol–water partition coefficient (Wildman–Crippen LogP) is 2.99. The molecule has 5 heterocycles. The van der Waals surface area contributed by atoms with Gasteiger partial charge in [-0.15, -0.1) is 0 Å². The molecule has 188 valence electrons. The molecule has 0 unspecified atom stereocenters. The average molecular weight is 528 g/mol. The molecule has 0 saturated carbocycles. The van der Waals surface area contributed by atoms with Crippen LogP contribution in [0.2, 0.25) is 0 Å². The predicted molar refractivity (Wildman–Crippen MR) is 136 cm³/mol. The molecule has 13 heteroatoms. The van der Waals surface area contributed by atoms with Gasteiger partial charge in [0.15, 0.2) is 5.13 Å². The van der Waals surface area contributed by atoms with Gasteiger partial charge in [0.1, 0.15) is 33.3 Å². The van der Waals surface area contributed by atoms with Crippen LogP contribution in [0.5, 0.6) is 0 Å². The monoisotopic (exact) mass is 527 g/mol. The summed E-state index contributed by atoms with van der Waals surface area (Å²) in [6, 6.07) is 4.05. The Hall–Kier alpha value is -3.21. The van der Waals surface area contributed by atoms with E-state index in [0.29, 0.717) is 46.1 Å². The number of piperazine rings is 1. The SMILES string of the molecule is CN1CCN(c2cc(Nc3ncc(C#N)s3)nc(CC3CCN(C(=O)c4cnc(F)s4)CC3)n2)CC1. The van der Waals surface area contributed by atoms with Gasteiger partial charge in [0.2, 0.25) is 0 Å². The molecule has 3 aromatic rings. The first-order chi connectivity index (χ1) is 17.5. The van der Waals surface area contributed by atoms with Crippen molar-refractivity contribution >= 4 is 45.3 Å². The van der Waals surface area contributed by atoms with Crippen molar-refractivity contribution in [2.75, 3.05) is 56.5 Å². The summed E-state index contributed by atoms with van der Waals surface area (Å²) in [5.41, 5.74) is 0. The molecule has 2 saturated heterocycles. The molecular formula is C23H26FN9OS2. The van der Waals surface area contributed by atoms with Gasteiger partial charge in [0, 0.05) is 51.8 Å². The van der Waals surface area contributed by atoms with Gasteiger partial charge in [0.25, 0.3) is 11.2 Å². The number of nitrogens with zero attached hydrogens (tertiary/aromatic N) is 8. The van der Waals surface area contributed by atoms with E-state index in [4.69, 9.17) is 15.2 Å². The molecule has 0 bridgehead atoms. The molecule has 36 heavy (non-hydrogen) atoms. The molecular weight excluding hydrogens is 501 g/mol. The van der Waals surface area contributed by atoms with E-state index < -0.39 is 5.26 Å². The molecule has 2 aliphatic rings. The van der Waals surface area contributed by atoms with Crippen molar-refractivity contribution in [3.63, 3.8) is 0 Å². The van der Waals surface area contributed by atoms with Crippen LogP contribution < -0.4 is 10.2 Å². The van der Waals surface area contributed by atoms with E-state index >= 15 is 0 Å². The standard InChI is InChI=1S/C23H26FN9OS2/c1-31-6-8-32(9-7-31)20-11-19(30-23-27-13-16(12-25)35-23)28-18(29-20)10-15-2-4-33(5-3-15)21(34)17-14-26-22(24)36-17/h11,13-15H,2-10H2,1H3,(H,27,28,29,30). The van der Waals surface area contributed by atoms with Gasteiger partial charge >= 0.3 is 0 Å². The fraction of sp³-hybridized carbons (Fsp3) is 0.478. The van der Waals surface area contributed by atoms with E-state index in [2.05, 4.69) is 38.2 Å². The molecule has 0 aromatic carbocycles. The Kier molecular flexibility index (Phi) is 7.35. The molecule has 0 radical (unpaired) electrons. The third kappa shape index (κ3) is 5.77. The number of piperidine rings is 1. The van der Waals surface area contributed by atoms with Crippen LogP contribution in [0.4, 0.5) is 21.2 Å². The number of amides is 1. The van der Waals surface area contributed by atoms with Gasteiger partial charge in [-0.2, -0.15) is 9.65 Å². The van der Waals surface area contributed by atoms with Crippen LogP contribution in [-0.2, 0) is 6.42 Å². The number of likely N-dealkylation sites (tertiary alicyclic amines) is 1. The van der Waals surface area contributed by atoms with Crippen molar-refractivity contribution in [1.82, 2.24) is 29.7 Å². The zero-order valence-electron chi connectivity index (χ0n) is 19.9. The van der Waals surface area contributed by atoms with E-state index in [1.165, 1.54) is 17.5 Å². The third-order valence-electron chi connectivity index (χ3n) is 6.50.